The molecule has 0 radical (unpaired) electrons. The summed E-state index contributed by atoms with van der Waals surface area (Å²) in [5, 5.41) is 3.29. The largest absolute Gasteiger partial charge is 0.326 e. The number of rotatable bonds is 5. The second-order valence-corrected chi connectivity index (χ2v) is 8.11. The summed E-state index contributed by atoms with van der Waals surface area (Å²) in [6.45, 7) is 5.09. The van der Waals surface area contributed by atoms with Crippen molar-refractivity contribution in [3.05, 3.63) is 65.9 Å². The van der Waals surface area contributed by atoms with E-state index < -0.39 is 16.1 Å². The molecule has 1 aromatic heterocycles. The minimum absolute atomic E-state index is 0.181. The highest BCUT2D eigenvalue weighted by atomic mass is 32.2. The van der Waals surface area contributed by atoms with Gasteiger partial charge in [0.15, 0.2) is 0 Å². The first-order valence-electron chi connectivity index (χ1n) is 8.52. The van der Waals surface area contributed by atoms with Gasteiger partial charge in [-0.05, 0) is 55.3 Å². The van der Waals surface area contributed by atoms with Gasteiger partial charge < -0.3 is 5.32 Å². The van der Waals surface area contributed by atoms with Gasteiger partial charge in [-0.15, -0.1) is 0 Å². The molecule has 0 fully saturated rings. The summed E-state index contributed by atoms with van der Waals surface area (Å²) in [6.07, 6.45) is 1.65. The highest BCUT2D eigenvalue weighted by Gasteiger charge is 2.21. The number of benzene rings is 2. The summed E-state index contributed by atoms with van der Waals surface area (Å²) >= 11 is 0. The third-order valence-corrected chi connectivity index (χ3v) is 5.86. The van der Waals surface area contributed by atoms with E-state index in [0.717, 1.165) is 11.1 Å². The third kappa shape index (κ3) is 4.15. The van der Waals surface area contributed by atoms with Gasteiger partial charge in [0.25, 0.3) is 0 Å². The number of sulfonamides is 1. The molecule has 140 valence electrons. The summed E-state index contributed by atoms with van der Waals surface area (Å²) < 4.78 is 28.7. The monoisotopic (exact) mass is 383 g/mol. The van der Waals surface area contributed by atoms with Crippen LogP contribution in [-0.2, 0) is 14.8 Å². The lowest BCUT2D eigenvalue weighted by atomic mass is 10.1. The number of carbonyl (C=O) groups is 1. The summed E-state index contributed by atoms with van der Waals surface area (Å²) in [6, 6.07) is 13.5. The molecular weight excluding hydrogens is 362 g/mol. The fourth-order valence-electron chi connectivity index (χ4n) is 2.98. The van der Waals surface area contributed by atoms with Crippen molar-refractivity contribution in [1.29, 1.82) is 0 Å². The zero-order valence-corrected chi connectivity index (χ0v) is 16.2. The maximum absolute atomic E-state index is 13.0. The molecule has 27 heavy (non-hydrogen) atoms. The number of aromatic nitrogens is 1. The molecule has 0 saturated carbocycles. The normalized spacial score (nSPS) is 12.7. The molecule has 2 N–H and O–H groups in total. The maximum Gasteiger partial charge on any atom is 0.241 e. The van der Waals surface area contributed by atoms with E-state index in [1.165, 1.54) is 6.92 Å². The molecule has 1 amide bonds. The molecule has 0 bridgehead atoms. The summed E-state index contributed by atoms with van der Waals surface area (Å²) in [5.41, 5.74) is 2.96. The first kappa shape index (κ1) is 19.0. The Morgan fingerprint density at radius 1 is 1.11 bits per heavy atom. The van der Waals surface area contributed by atoms with Crippen LogP contribution < -0.4 is 10.0 Å². The topological polar surface area (TPSA) is 88.2 Å². The number of hydrogen-bond acceptors (Lipinski definition) is 4. The van der Waals surface area contributed by atoms with Gasteiger partial charge in [-0.2, -0.15) is 0 Å². The molecule has 0 aliphatic carbocycles. The van der Waals surface area contributed by atoms with Crippen LogP contribution in [0.1, 0.15) is 31.0 Å². The lowest BCUT2D eigenvalue weighted by Gasteiger charge is -2.17. The zero-order chi connectivity index (χ0) is 19.6. The van der Waals surface area contributed by atoms with Crippen molar-refractivity contribution in [3.63, 3.8) is 0 Å². The van der Waals surface area contributed by atoms with Gasteiger partial charge in [-0.25, -0.2) is 13.1 Å². The molecule has 0 aliphatic heterocycles. The quantitative estimate of drug-likeness (QED) is 0.705. The Labute approximate surface area is 158 Å². The predicted octanol–water partition coefficient (Wildman–Crippen LogP) is 3.54. The first-order valence-corrected chi connectivity index (χ1v) is 10.0. The minimum atomic E-state index is -3.76. The molecule has 6 nitrogen and oxygen atoms in total. The fourth-order valence-corrected chi connectivity index (χ4v) is 4.41. The minimum Gasteiger partial charge on any atom is -0.326 e. The van der Waals surface area contributed by atoms with Crippen LogP contribution in [-0.4, -0.2) is 19.3 Å². The Morgan fingerprint density at radius 3 is 2.63 bits per heavy atom. The smallest absolute Gasteiger partial charge is 0.241 e. The van der Waals surface area contributed by atoms with E-state index >= 15 is 0 Å². The standard InChI is InChI=1S/C20H21N3O3S/c1-13-9-10-19(18-8-5-11-21-20(13)18)27(25,26)23-14(2)16-6-4-7-17(12-16)22-15(3)24/h4-12,14,23H,1-3H3,(H,22,24). The predicted molar refractivity (Wildman–Crippen MR) is 106 cm³/mol. The van der Waals surface area contributed by atoms with Crippen molar-refractivity contribution in [1.82, 2.24) is 9.71 Å². The second kappa shape index (κ2) is 7.46. The molecule has 3 rings (SSSR count). The number of nitrogens with one attached hydrogen (secondary N) is 2. The lowest BCUT2D eigenvalue weighted by molar-refractivity contribution is -0.114. The van der Waals surface area contributed by atoms with Crippen LogP contribution in [0.4, 0.5) is 5.69 Å². The van der Waals surface area contributed by atoms with Crippen LogP contribution in [0.5, 0.6) is 0 Å². The molecule has 1 unspecified atom stereocenters. The highest BCUT2D eigenvalue weighted by Crippen LogP contribution is 2.26. The maximum atomic E-state index is 13.0. The van der Waals surface area contributed by atoms with E-state index in [1.807, 2.05) is 13.0 Å². The summed E-state index contributed by atoms with van der Waals surface area (Å²) in [4.78, 5) is 15.7. The van der Waals surface area contributed by atoms with Crippen LogP contribution in [0.3, 0.4) is 0 Å². The fraction of sp³-hybridized carbons (Fsp3) is 0.200. The molecule has 0 saturated heterocycles. The Kier molecular flexibility index (Phi) is 5.25. The van der Waals surface area contributed by atoms with E-state index in [1.54, 1.807) is 55.6 Å². The third-order valence-electron chi connectivity index (χ3n) is 4.26. The average molecular weight is 383 g/mol. The van der Waals surface area contributed by atoms with Crippen LogP contribution in [0.2, 0.25) is 0 Å². The van der Waals surface area contributed by atoms with Gasteiger partial charge in [-0.3, -0.25) is 9.78 Å². The van der Waals surface area contributed by atoms with Gasteiger partial charge in [0.2, 0.25) is 15.9 Å². The molecule has 3 aromatic rings. The Hall–Kier alpha value is -2.77. The van der Waals surface area contributed by atoms with E-state index in [2.05, 4.69) is 15.0 Å². The number of carbonyl (C=O) groups excluding carboxylic acids is 1. The summed E-state index contributed by atoms with van der Waals surface area (Å²) in [5.74, 6) is -0.181. The van der Waals surface area contributed by atoms with E-state index in [-0.39, 0.29) is 10.8 Å². The van der Waals surface area contributed by atoms with Gasteiger partial charge in [0, 0.05) is 30.2 Å². The van der Waals surface area contributed by atoms with Crippen LogP contribution in [0.15, 0.2) is 59.6 Å². The van der Waals surface area contributed by atoms with Crippen LogP contribution in [0, 0.1) is 6.92 Å². The Balaban J connectivity index is 1.93. The van der Waals surface area contributed by atoms with E-state index in [9.17, 15) is 13.2 Å². The van der Waals surface area contributed by atoms with E-state index in [4.69, 9.17) is 0 Å². The van der Waals surface area contributed by atoms with Gasteiger partial charge in [0.1, 0.15) is 0 Å². The summed E-state index contributed by atoms with van der Waals surface area (Å²) in [7, 11) is -3.76. The zero-order valence-electron chi connectivity index (χ0n) is 15.4. The van der Waals surface area contributed by atoms with Gasteiger partial charge in [0.05, 0.1) is 10.4 Å². The average Bonchev–Trinajstić information content (AvgIpc) is 2.61. The van der Waals surface area contributed by atoms with Crippen LogP contribution in [0.25, 0.3) is 10.9 Å². The number of fused-ring (bicyclic) bond motifs is 1. The number of aryl methyl sites for hydroxylation is 1. The molecule has 2 aromatic carbocycles. The molecule has 1 heterocycles. The van der Waals surface area contributed by atoms with Gasteiger partial charge in [-0.1, -0.05) is 18.2 Å². The molecule has 0 aliphatic rings. The number of nitrogens with zero attached hydrogens (tertiary/aromatic N) is 1. The molecule has 7 heteroatoms. The second-order valence-electron chi connectivity index (χ2n) is 6.43. The van der Waals surface area contributed by atoms with Crippen molar-refractivity contribution in [3.8, 4) is 0 Å². The van der Waals surface area contributed by atoms with Gasteiger partial charge >= 0.3 is 0 Å². The van der Waals surface area contributed by atoms with Crippen molar-refractivity contribution < 1.29 is 13.2 Å². The SMILES string of the molecule is CC(=O)Nc1cccc(C(C)NS(=O)(=O)c2ccc(C)c3ncccc23)c1. The van der Waals surface area contributed by atoms with Crippen molar-refractivity contribution in [2.75, 3.05) is 5.32 Å². The lowest BCUT2D eigenvalue weighted by Crippen LogP contribution is -2.27. The number of amides is 1. The number of anilines is 1. The molecule has 0 spiro atoms. The number of pyridine rings is 1. The Bertz CT molecular complexity index is 1110. The first-order chi connectivity index (χ1) is 12.8. The number of hydrogen-bond donors (Lipinski definition) is 2. The van der Waals surface area contributed by atoms with Crippen molar-refractivity contribution in [2.45, 2.75) is 31.7 Å². The van der Waals surface area contributed by atoms with E-state index in [0.29, 0.717) is 16.6 Å². The van der Waals surface area contributed by atoms with Crippen molar-refractivity contribution >= 4 is 32.5 Å². The van der Waals surface area contributed by atoms with Crippen molar-refractivity contribution in [2.24, 2.45) is 0 Å². The van der Waals surface area contributed by atoms with Crippen LogP contribution >= 0.6 is 0 Å². The molecule has 1 atom stereocenters. The molecular formula is C20H21N3O3S. The highest BCUT2D eigenvalue weighted by molar-refractivity contribution is 7.89. The Morgan fingerprint density at radius 2 is 1.89 bits per heavy atom.